The highest BCUT2D eigenvalue weighted by atomic mass is 32.2. The largest absolute Gasteiger partial charge is 0.488 e. The number of ether oxygens (including phenoxy) is 2. The molecule has 1 saturated heterocycles. The van der Waals surface area contributed by atoms with Crippen LogP contribution in [0.1, 0.15) is 4.88 Å². The summed E-state index contributed by atoms with van der Waals surface area (Å²) in [4.78, 5) is 61.5. The lowest BCUT2D eigenvalue weighted by Gasteiger charge is -2.51. The molecular formula is C31H26N4O6S2. The van der Waals surface area contributed by atoms with Crippen LogP contribution in [0.25, 0.3) is 22.3 Å². The Morgan fingerprint density at radius 3 is 2.72 bits per heavy atom. The number of thiophene rings is 1. The molecule has 0 spiro atoms. The van der Waals surface area contributed by atoms with Crippen molar-refractivity contribution in [2.75, 3.05) is 13.2 Å². The summed E-state index contributed by atoms with van der Waals surface area (Å²) in [6, 6.07) is 16.1. The number of aromatic nitrogens is 2. The third-order valence-electron chi connectivity index (χ3n) is 7.02. The van der Waals surface area contributed by atoms with E-state index in [1.54, 1.807) is 47.9 Å². The molecule has 0 radical (unpaired) electrons. The van der Waals surface area contributed by atoms with Crippen LogP contribution < -0.4 is 15.6 Å². The zero-order chi connectivity index (χ0) is 29.9. The number of benzene rings is 2. The normalized spacial score (nSPS) is 19.2. The van der Waals surface area contributed by atoms with Crippen molar-refractivity contribution < 1.29 is 23.9 Å². The molecule has 10 nitrogen and oxygen atoms in total. The third-order valence-corrected chi connectivity index (χ3v) is 9.11. The van der Waals surface area contributed by atoms with Crippen LogP contribution in [0.4, 0.5) is 0 Å². The molecule has 0 bridgehead atoms. The van der Waals surface area contributed by atoms with Gasteiger partial charge in [0.05, 0.1) is 22.9 Å². The number of fused-ring (bicyclic) bond motifs is 2. The van der Waals surface area contributed by atoms with Crippen molar-refractivity contribution in [1.82, 2.24) is 20.2 Å². The zero-order valence-corrected chi connectivity index (χ0v) is 24.4. The highest BCUT2D eigenvalue weighted by Gasteiger charge is 2.56. The molecule has 4 aromatic rings. The second kappa shape index (κ2) is 12.3. The van der Waals surface area contributed by atoms with Gasteiger partial charge in [0.2, 0.25) is 11.8 Å². The minimum Gasteiger partial charge on any atom is -0.488 e. The van der Waals surface area contributed by atoms with Crippen LogP contribution in [-0.4, -0.2) is 63.3 Å². The van der Waals surface area contributed by atoms with Gasteiger partial charge in [0.1, 0.15) is 36.2 Å². The van der Waals surface area contributed by atoms with Crippen LogP contribution in [0, 0.1) is 0 Å². The lowest BCUT2D eigenvalue weighted by molar-refractivity contribution is -0.162. The van der Waals surface area contributed by atoms with Crippen LogP contribution >= 0.6 is 23.1 Å². The molecule has 6 rings (SSSR count). The monoisotopic (exact) mass is 614 g/mol. The van der Waals surface area contributed by atoms with E-state index >= 15 is 0 Å². The highest BCUT2D eigenvalue weighted by Crippen LogP contribution is 2.41. The number of para-hydroxylation sites is 2. The minimum absolute atomic E-state index is 0.0197. The molecule has 2 aromatic heterocycles. The molecule has 2 aliphatic heterocycles. The first-order valence-electron chi connectivity index (χ1n) is 13.4. The van der Waals surface area contributed by atoms with Crippen molar-refractivity contribution in [2.45, 2.75) is 23.9 Å². The topological polar surface area (TPSA) is 131 Å². The van der Waals surface area contributed by atoms with Gasteiger partial charge in [-0.05, 0) is 41.1 Å². The Kier molecular flexibility index (Phi) is 8.12. The molecule has 218 valence electrons. The van der Waals surface area contributed by atoms with E-state index in [-0.39, 0.29) is 37.0 Å². The number of hydrogen-bond donors (Lipinski definition) is 2. The Morgan fingerprint density at radius 1 is 1.09 bits per heavy atom. The number of carbonyl (C=O) groups is 3. The maximum atomic E-state index is 13.3. The molecule has 4 heterocycles. The maximum Gasteiger partial charge on any atom is 0.333 e. The molecule has 0 saturated carbocycles. The van der Waals surface area contributed by atoms with E-state index in [1.807, 2.05) is 23.6 Å². The van der Waals surface area contributed by atoms with Crippen molar-refractivity contribution in [3.05, 3.63) is 105 Å². The molecule has 0 aliphatic carbocycles. The number of nitrogens with zero attached hydrogens (tertiary/aromatic N) is 2. The second-order valence-electron chi connectivity index (χ2n) is 9.80. The van der Waals surface area contributed by atoms with E-state index in [9.17, 15) is 19.2 Å². The Hall–Kier alpha value is -4.68. The van der Waals surface area contributed by atoms with Gasteiger partial charge >= 0.3 is 5.97 Å². The number of aromatic amines is 1. The predicted molar refractivity (Wildman–Crippen MR) is 165 cm³/mol. The first-order valence-corrected chi connectivity index (χ1v) is 15.2. The van der Waals surface area contributed by atoms with Gasteiger partial charge in [0.25, 0.3) is 5.56 Å². The van der Waals surface area contributed by atoms with Crippen molar-refractivity contribution in [2.24, 2.45) is 0 Å². The first-order chi connectivity index (χ1) is 20.9. The number of esters is 1. The van der Waals surface area contributed by atoms with E-state index in [4.69, 9.17) is 9.47 Å². The van der Waals surface area contributed by atoms with E-state index in [0.29, 0.717) is 33.6 Å². The smallest absolute Gasteiger partial charge is 0.333 e. The highest BCUT2D eigenvalue weighted by molar-refractivity contribution is 8.03. The number of carbonyl (C=O) groups excluding carboxylic acids is 3. The minimum atomic E-state index is -1.03. The second-order valence-corrected chi connectivity index (χ2v) is 11.8. The lowest BCUT2D eigenvalue weighted by Crippen LogP contribution is -2.74. The van der Waals surface area contributed by atoms with E-state index in [1.165, 1.54) is 34.1 Å². The summed E-state index contributed by atoms with van der Waals surface area (Å²) in [6.45, 7) is 3.54. The van der Waals surface area contributed by atoms with E-state index in [0.717, 1.165) is 4.88 Å². The molecule has 12 heteroatoms. The fourth-order valence-corrected chi connectivity index (χ4v) is 6.91. The number of amides is 2. The number of thioether (sulfide) groups is 1. The summed E-state index contributed by atoms with van der Waals surface area (Å²) in [7, 11) is 0. The van der Waals surface area contributed by atoms with Gasteiger partial charge in [-0.15, -0.1) is 23.1 Å². The van der Waals surface area contributed by atoms with Gasteiger partial charge in [-0.25, -0.2) is 9.78 Å². The van der Waals surface area contributed by atoms with Gasteiger partial charge in [-0.2, -0.15) is 0 Å². The summed E-state index contributed by atoms with van der Waals surface area (Å²) in [6.07, 6.45) is 1.63. The number of hydrogen-bond acceptors (Lipinski definition) is 9. The fraction of sp³-hybridized carbons (Fsp3) is 0.194. The van der Waals surface area contributed by atoms with Crippen molar-refractivity contribution >= 4 is 51.8 Å². The summed E-state index contributed by atoms with van der Waals surface area (Å²) >= 11 is 2.80. The number of β-lactam (4-membered cyclic amide) rings is 1. The average molecular weight is 615 g/mol. The number of nitrogens with one attached hydrogen (secondary N) is 2. The number of rotatable bonds is 10. The van der Waals surface area contributed by atoms with Gasteiger partial charge < -0.3 is 24.7 Å². The molecule has 3 atom stereocenters. The Labute approximate surface area is 254 Å². The van der Waals surface area contributed by atoms with Crippen LogP contribution in [0.5, 0.6) is 5.75 Å². The SMILES string of the molecule is C=CCOC(=O)C1C(COc2ccccc2-c2nc3ccccc3c(=O)[nH]2)=CSC2C(NC(=O)Cc3cccs3)C(=O)N12. The Bertz CT molecular complexity index is 1800. The summed E-state index contributed by atoms with van der Waals surface area (Å²) in [5, 5.41) is 6.49. The van der Waals surface area contributed by atoms with Gasteiger partial charge in [0, 0.05) is 10.5 Å². The van der Waals surface area contributed by atoms with Crippen molar-refractivity contribution in [1.29, 1.82) is 0 Å². The standard InChI is InChI=1S/C31H26N4O6S2/c1-2-13-40-31(39)26-18(17-43-30-25(29(38)35(26)30)33-24(36)15-19-8-7-14-42-19)16-41-23-12-6-4-10-21(23)27-32-22-11-5-3-9-20(22)28(37)34-27/h2-12,14,17,25-26,30H,1,13,15-16H2,(H,33,36)(H,32,34,37). The molecule has 2 aromatic carbocycles. The Morgan fingerprint density at radius 2 is 1.91 bits per heavy atom. The van der Waals surface area contributed by atoms with Crippen LogP contribution in [0.15, 0.2) is 94.5 Å². The molecule has 1 fully saturated rings. The maximum absolute atomic E-state index is 13.3. The van der Waals surface area contributed by atoms with Gasteiger partial charge in [0.15, 0.2) is 6.04 Å². The lowest BCUT2D eigenvalue weighted by atomic mass is 9.98. The fourth-order valence-electron chi connectivity index (χ4n) is 4.99. The molecule has 3 unspecified atom stereocenters. The molecule has 2 N–H and O–H groups in total. The quantitative estimate of drug-likeness (QED) is 0.157. The molecular weight excluding hydrogens is 588 g/mol. The molecule has 43 heavy (non-hydrogen) atoms. The molecule has 2 aliphatic rings. The number of H-pyrrole nitrogens is 1. The van der Waals surface area contributed by atoms with Crippen LogP contribution in [0.2, 0.25) is 0 Å². The van der Waals surface area contributed by atoms with E-state index in [2.05, 4.69) is 21.9 Å². The third kappa shape index (κ3) is 5.71. The van der Waals surface area contributed by atoms with Gasteiger partial charge in [-0.1, -0.05) is 43.0 Å². The van der Waals surface area contributed by atoms with Crippen LogP contribution in [0.3, 0.4) is 0 Å². The Balaban J connectivity index is 1.22. The first kappa shape index (κ1) is 28.4. The predicted octanol–water partition coefficient (Wildman–Crippen LogP) is 3.65. The zero-order valence-electron chi connectivity index (χ0n) is 22.7. The summed E-state index contributed by atoms with van der Waals surface area (Å²) < 4.78 is 11.5. The summed E-state index contributed by atoms with van der Waals surface area (Å²) in [5.41, 5.74) is 1.35. The molecule has 2 amide bonds. The van der Waals surface area contributed by atoms with Gasteiger partial charge in [-0.3, -0.25) is 14.4 Å². The van der Waals surface area contributed by atoms with Crippen molar-refractivity contribution in [3.63, 3.8) is 0 Å². The van der Waals surface area contributed by atoms with Crippen LogP contribution in [-0.2, 0) is 25.5 Å². The van der Waals surface area contributed by atoms with Crippen molar-refractivity contribution in [3.8, 4) is 17.1 Å². The van der Waals surface area contributed by atoms with E-state index < -0.39 is 23.4 Å². The average Bonchev–Trinajstić information content (AvgIpc) is 3.54. The summed E-state index contributed by atoms with van der Waals surface area (Å²) in [5.74, 6) is -0.484.